The van der Waals surface area contributed by atoms with Crippen LogP contribution in [-0.4, -0.2) is 58.9 Å². The lowest BCUT2D eigenvalue weighted by molar-refractivity contribution is 0.381. The zero-order valence-electron chi connectivity index (χ0n) is 17.3. The van der Waals surface area contributed by atoms with Crippen molar-refractivity contribution in [3.63, 3.8) is 0 Å². The van der Waals surface area contributed by atoms with Crippen molar-refractivity contribution in [2.75, 3.05) is 31.1 Å². The zero-order chi connectivity index (χ0) is 22.2. The number of hydrogen-bond acceptors (Lipinski definition) is 5. The minimum Gasteiger partial charge on any atom is -0.367 e. The molecule has 0 atom stereocenters. The number of nitrogens with one attached hydrogen (secondary N) is 1. The maximum Gasteiger partial charge on any atom is 0.282 e. The average Bonchev–Trinajstić information content (AvgIpc) is 3.28. The topological polar surface area (TPSA) is 91.3 Å². The summed E-state index contributed by atoms with van der Waals surface area (Å²) in [6, 6.07) is 10.6. The lowest BCUT2D eigenvalue weighted by Crippen LogP contribution is -2.50. The Morgan fingerprint density at radius 1 is 1.10 bits per heavy atom. The molecule has 3 aromatic rings. The summed E-state index contributed by atoms with van der Waals surface area (Å²) in [6.07, 6.45) is 3.42. The first kappa shape index (κ1) is 21.6. The van der Waals surface area contributed by atoms with Gasteiger partial charge in [-0.2, -0.15) is 14.1 Å². The Balaban J connectivity index is 1.73. The number of hydrogen-bond donors (Lipinski definition) is 1. The van der Waals surface area contributed by atoms with Gasteiger partial charge in [-0.05, 0) is 44.2 Å². The first-order valence-corrected chi connectivity index (χ1v) is 11.9. The van der Waals surface area contributed by atoms with Crippen LogP contribution in [0.5, 0.6) is 0 Å². The average molecular weight is 462 g/mol. The van der Waals surface area contributed by atoms with Crippen LogP contribution in [0.25, 0.3) is 16.9 Å². The first-order valence-electron chi connectivity index (χ1n) is 10.0. The molecule has 1 fully saturated rings. The van der Waals surface area contributed by atoms with E-state index in [0.29, 0.717) is 53.8 Å². The standard InChI is InChI=1S/C21H24ClN5O3S/c1-15(2)31(29,30)26-11-9-25(10-12-26)19-14-24-27(17-6-3-5-16(22)13-17)21(28)20(19)18-7-4-8-23-18/h3-8,13-15,23H,9-12H2,1-2H3. The molecule has 1 aromatic carbocycles. The number of anilines is 1. The van der Waals surface area contributed by atoms with Crippen molar-refractivity contribution in [1.29, 1.82) is 0 Å². The van der Waals surface area contributed by atoms with E-state index in [9.17, 15) is 13.2 Å². The third-order valence-corrected chi connectivity index (χ3v) is 7.92. The summed E-state index contributed by atoms with van der Waals surface area (Å²) in [7, 11) is -3.31. The van der Waals surface area contributed by atoms with Gasteiger partial charge in [-0.3, -0.25) is 4.79 Å². The fourth-order valence-electron chi connectivity index (χ4n) is 3.70. The monoisotopic (exact) mass is 461 g/mol. The number of sulfonamides is 1. The zero-order valence-corrected chi connectivity index (χ0v) is 18.9. The van der Waals surface area contributed by atoms with Crippen molar-refractivity contribution in [1.82, 2.24) is 19.1 Å². The van der Waals surface area contributed by atoms with E-state index in [4.69, 9.17) is 11.6 Å². The maximum absolute atomic E-state index is 13.5. The molecule has 10 heteroatoms. The maximum atomic E-state index is 13.5. The Bertz CT molecular complexity index is 1230. The van der Waals surface area contributed by atoms with Crippen LogP contribution in [0.4, 0.5) is 5.69 Å². The molecule has 0 spiro atoms. The number of piperazine rings is 1. The lowest BCUT2D eigenvalue weighted by Gasteiger charge is -2.36. The Morgan fingerprint density at radius 2 is 1.84 bits per heavy atom. The van der Waals surface area contributed by atoms with E-state index in [-0.39, 0.29) is 5.56 Å². The van der Waals surface area contributed by atoms with E-state index in [1.54, 1.807) is 50.5 Å². The Labute approximate surface area is 186 Å². The molecule has 0 unspecified atom stereocenters. The summed E-state index contributed by atoms with van der Waals surface area (Å²) in [5.74, 6) is 0. The minimum absolute atomic E-state index is 0.278. The molecule has 0 amide bonds. The lowest BCUT2D eigenvalue weighted by atomic mass is 10.1. The fourth-order valence-corrected chi connectivity index (χ4v) is 5.15. The van der Waals surface area contributed by atoms with Crippen LogP contribution in [0.15, 0.2) is 53.6 Å². The summed E-state index contributed by atoms with van der Waals surface area (Å²) in [5.41, 5.74) is 2.13. The molecule has 8 nitrogen and oxygen atoms in total. The normalized spacial score (nSPS) is 15.5. The summed E-state index contributed by atoms with van der Waals surface area (Å²) in [4.78, 5) is 18.6. The number of aromatic amines is 1. The number of aromatic nitrogens is 3. The van der Waals surface area contributed by atoms with Gasteiger partial charge in [0.25, 0.3) is 5.56 Å². The highest BCUT2D eigenvalue weighted by molar-refractivity contribution is 7.89. The van der Waals surface area contributed by atoms with Crippen molar-refractivity contribution < 1.29 is 8.42 Å². The number of rotatable bonds is 5. The molecule has 1 saturated heterocycles. The molecule has 0 bridgehead atoms. The Hall–Kier alpha value is -2.62. The van der Waals surface area contributed by atoms with Crippen LogP contribution >= 0.6 is 11.6 Å². The molecule has 2 aromatic heterocycles. The molecule has 3 heterocycles. The predicted octanol–water partition coefficient (Wildman–Crippen LogP) is 2.74. The molecule has 4 rings (SSSR count). The molecule has 0 radical (unpaired) electrons. The van der Waals surface area contributed by atoms with Gasteiger partial charge in [0.1, 0.15) is 0 Å². The van der Waals surface area contributed by atoms with Gasteiger partial charge >= 0.3 is 0 Å². The van der Waals surface area contributed by atoms with Crippen LogP contribution in [0.2, 0.25) is 5.02 Å². The van der Waals surface area contributed by atoms with Crippen LogP contribution in [0.3, 0.4) is 0 Å². The predicted molar refractivity (Wildman–Crippen MR) is 122 cm³/mol. The van der Waals surface area contributed by atoms with E-state index in [0.717, 1.165) is 0 Å². The van der Waals surface area contributed by atoms with E-state index in [1.807, 2.05) is 17.0 Å². The largest absolute Gasteiger partial charge is 0.367 e. The van der Waals surface area contributed by atoms with Crippen molar-refractivity contribution in [3.05, 3.63) is 64.2 Å². The SMILES string of the molecule is CC(C)S(=O)(=O)N1CCN(c2cnn(-c3cccc(Cl)c3)c(=O)c2-c2ccc[nH]2)CC1. The van der Waals surface area contributed by atoms with Crippen LogP contribution in [-0.2, 0) is 10.0 Å². The number of benzene rings is 1. The van der Waals surface area contributed by atoms with Gasteiger partial charge in [0, 0.05) is 37.4 Å². The highest BCUT2D eigenvalue weighted by atomic mass is 35.5. The molecule has 164 valence electrons. The van der Waals surface area contributed by atoms with E-state index >= 15 is 0 Å². The van der Waals surface area contributed by atoms with Gasteiger partial charge in [0.05, 0.1) is 34.1 Å². The van der Waals surface area contributed by atoms with Crippen molar-refractivity contribution in [2.45, 2.75) is 19.1 Å². The second kappa shape index (κ2) is 8.49. The van der Waals surface area contributed by atoms with Gasteiger partial charge in [0.2, 0.25) is 10.0 Å². The number of nitrogens with zero attached hydrogens (tertiary/aromatic N) is 4. The summed E-state index contributed by atoms with van der Waals surface area (Å²) >= 11 is 6.10. The van der Waals surface area contributed by atoms with E-state index in [2.05, 4.69) is 10.1 Å². The molecule has 1 aliphatic rings. The van der Waals surface area contributed by atoms with E-state index < -0.39 is 15.3 Å². The van der Waals surface area contributed by atoms with Crippen molar-refractivity contribution in [3.8, 4) is 16.9 Å². The van der Waals surface area contributed by atoms with Crippen LogP contribution in [0, 0.1) is 0 Å². The van der Waals surface area contributed by atoms with Gasteiger partial charge in [-0.25, -0.2) is 8.42 Å². The molecular weight excluding hydrogens is 438 g/mol. The molecular formula is C21H24ClN5O3S. The fraction of sp³-hybridized carbons (Fsp3) is 0.333. The van der Waals surface area contributed by atoms with E-state index in [1.165, 1.54) is 8.99 Å². The van der Waals surface area contributed by atoms with Gasteiger partial charge in [0.15, 0.2) is 0 Å². The second-order valence-corrected chi connectivity index (χ2v) is 10.6. The highest BCUT2D eigenvalue weighted by Crippen LogP contribution is 2.28. The molecule has 0 aliphatic carbocycles. The summed E-state index contributed by atoms with van der Waals surface area (Å²) < 4.78 is 27.8. The Morgan fingerprint density at radius 3 is 2.45 bits per heavy atom. The third-order valence-electron chi connectivity index (χ3n) is 5.41. The Kier molecular flexibility index (Phi) is 5.92. The van der Waals surface area contributed by atoms with Gasteiger partial charge in [-0.1, -0.05) is 17.7 Å². The quantitative estimate of drug-likeness (QED) is 0.630. The van der Waals surface area contributed by atoms with Crippen molar-refractivity contribution >= 4 is 27.3 Å². The third kappa shape index (κ3) is 4.13. The molecule has 1 aliphatic heterocycles. The van der Waals surface area contributed by atoms with Crippen LogP contribution in [0.1, 0.15) is 13.8 Å². The smallest absolute Gasteiger partial charge is 0.282 e. The van der Waals surface area contributed by atoms with Gasteiger partial charge < -0.3 is 9.88 Å². The number of H-pyrrole nitrogens is 1. The molecule has 1 N–H and O–H groups in total. The number of halogens is 1. The molecule has 31 heavy (non-hydrogen) atoms. The second-order valence-electron chi connectivity index (χ2n) is 7.67. The van der Waals surface area contributed by atoms with Crippen molar-refractivity contribution in [2.24, 2.45) is 0 Å². The highest BCUT2D eigenvalue weighted by Gasteiger charge is 2.31. The summed E-state index contributed by atoms with van der Waals surface area (Å²) in [5, 5.41) is 4.44. The van der Waals surface area contributed by atoms with Crippen LogP contribution < -0.4 is 10.5 Å². The summed E-state index contributed by atoms with van der Waals surface area (Å²) in [6.45, 7) is 5.04. The first-order chi connectivity index (χ1) is 14.8. The minimum atomic E-state index is -3.31. The van der Waals surface area contributed by atoms with Gasteiger partial charge in [-0.15, -0.1) is 0 Å². The molecule has 0 saturated carbocycles.